The first-order valence-corrected chi connectivity index (χ1v) is 36.8. The zero-order valence-corrected chi connectivity index (χ0v) is 63.2. The molecule has 0 spiro atoms. The molecule has 0 saturated carbocycles. The fraction of sp³-hybridized carbons (Fsp3) is 0.711. The lowest BCUT2D eigenvalue weighted by molar-refractivity contribution is -0.327. The minimum atomic E-state index is -1.88. The molecule has 2 unspecified atom stereocenters. The Morgan fingerprint density at radius 2 is 0.600 bits per heavy atom. The highest BCUT2D eigenvalue weighted by Crippen LogP contribution is 2.46. The van der Waals surface area contributed by atoms with Gasteiger partial charge in [-0.3, -0.25) is 0 Å². The predicted octanol–water partition coefficient (Wildman–Crippen LogP) is -3.87. The molecule has 0 amide bonds. The van der Waals surface area contributed by atoms with Gasteiger partial charge in [0.1, 0.15) is 158 Å². The summed E-state index contributed by atoms with van der Waals surface area (Å²) in [6.07, 6.45) is -27.5. The van der Waals surface area contributed by atoms with Crippen LogP contribution in [0.15, 0.2) is 129 Å². The van der Waals surface area contributed by atoms with E-state index >= 15 is 0 Å². The number of rotatable bonds is 28. The van der Waals surface area contributed by atoms with Gasteiger partial charge in [-0.15, -0.1) is 0 Å². The number of aliphatic hydroxyl groups excluding tert-OH is 22. The minimum absolute atomic E-state index is 0.107. The molecule has 0 bridgehead atoms. The van der Waals surface area contributed by atoms with Crippen LogP contribution in [-0.2, 0) is 56.8 Å². The molecule has 6 aliphatic heterocycles. The van der Waals surface area contributed by atoms with Crippen LogP contribution < -0.4 is 0 Å². The van der Waals surface area contributed by atoms with Crippen molar-refractivity contribution >= 4 is 0 Å². The summed E-state index contributed by atoms with van der Waals surface area (Å²) >= 11 is 0. The Hall–Kier alpha value is -4.54. The van der Waals surface area contributed by atoms with E-state index in [0.717, 1.165) is 33.4 Å². The molecule has 0 aromatic heterocycles. The molecule has 8 aliphatic rings. The molecular weight excluding hydrogens is 1460 g/mol. The SMILES string of the molecule is CC1=C(C=C(\C=C(C)/C=C/C(C)=C/C=C\C=C(C)\C=C\C(C)=C/C(=C/C2=C(C)CC(O[C@H]3O[C@@H](CO)[C@@H](O)[C@@H](O)[C@@H]3O)CC2(C)C)O[C@H]2O[C@@H](CO[C@@H]3O[C@@H](CO)[C@H](O)[C@@H](O)[C@@H]3O)[C@H](O)[C@@H](O)[C@@H]2O)O[C@@H]2O[C@H](CO[C@@H]3O[C@H](CO)[C@@H](O)[C@H](O)[C@H]3O)[C@@H](O)[C@H](O)[C@H]2O)C(C)(C)CC(O[C@@H]2O[C@H](CO)[C@@H](O)[C@H](O)[C@H]2O)C1. The average Bonchev–Trinajstić information content (AvgIpc) is 0.787. The third kappa shape index (κ3) is 22.3. The lowest BCUT2D eigenvalue weighted by Crippen LogP contribution is -2.61. The van der Waals surface area contributed by atoms with E-state index in [1.54, 1.807) is 62.5 Å². The quantitative estimate of drug-likeness (QED) is 0.0263. The van der Waals surface area contributed by atoms with Gasteiger partial charge in [0.25, 0.3) is 0 Å². The summed E-state index contributed by atoms with van der Waals surface area (Å²) in [6, 6.07) is 0. The largest absolute Gasteiger partial charge is 0.462 e. The van der Waals surface area contributed by atoms with Crippen molar-refractivity contribution in [3.63, 3.8) is 0 Å². The molecule has 8 rings (SSSR count). The first kappa shape index (κ1) is 91.0. The van der Waals surface area contributed by atoms with E-state index in [1.807, 2.05) is 79.7 Å². The van der Waals surface area contributed by atoms with Gasteiger partial charge in [-0.1, -0.05) is 98.6 Å². The van der Waals surface area contributed by atoms with Crippen LogP contribution in [0.2, 0.25) is 0 Å². The van der Waals surface area contributed by atoms with Crippen molar-refractivity contribution in [3.05, 3.63) is 129 Å². The summed E-state index contributed by atoms with van der Waals surface area (Å²) in [6.45, 7) is 14.6. The molecule has 34 heteroatoms. The highest BCUT2D eigenvalue weighted by atomic mass is 16.8. The highest BCUT2D eigenvalue weighted by Gasteiger charge is 2.53. The van der Waals surface area contributed by atoms with Crippen LogP contribution in [0.4, 0.5) is 0 Å². The van der Waals surface area contributed by atoms with Gasteiger partial charge < -0.3 is 169 Å². The van der Waals surface area contributed by atoms with Gasteiger partial charge in [0.05, 0.1) is 51.8 Å². The van der Waals surface area contributed by atoms with Crippen LogP contribution in [-0.4, -0.2) is 348 Å². The fourth-order valence-electron chi connectivity index (χ4n) is 14.6. The molecule has 0 aromatic rings. The molecule has 0 aromatic carbocycles. The summed E-state index contributed by atoms with van der Waals surface area (Å²) < 4.78 is 70.8. The van der Waals surface area contributed by atoms with Crippen molar-refractivity contribution in [1.82, 2.24) is 0 Å². The summed E-state index contributed by atoms with van der Waals surface area (Å²) in [5, 5.41) is 232. The number of aliphatic hydroxyl groups is 22. The molecule has 110 heavy (non-hydrogen) atoms. The van der Waals surface area contributed by atoms with Gasteiger partial charge in [0.2, 0.25) is 12.6 Å². The molecule has 6 heterocycles. The fourth-order valence-corrected chi connectivity index (χ4v) is 14.6. The van der Waals surface area contributed by atoms with Gasteiger partial charge in [0.15, 0.2) is 25.2 Å². The molecule has 2 aliphatic carbocycles. The monoisotopic (exact) mass is 1570 g/mol. The van der Waals surface area contributed by atoms with E-state index in [9.17, 15) is 112 Å². The van der Waals surface area contributed by atoms with E-state index in [1.165, 1.54) is 0 Å². The van der Waals surface area contributed by atoms with Crippen molar-refractivity contribution < 1.29 is 169 Å². The molecule has 6 saturated heterocycles. The maximum Gasteiger partial charge on any atom is 0.229 e. The topological polar surface area (TPSA) is 556 Å². The van der Waals surface area contributed by atoms with Crippen molar-refractivity contribution in [2.45, 2.75) is 291 Å². The van der Waals surface area contributed by atoms with Crippen LogP contribution in [0.25, 0.3) is 0 Å². The number of hydrogen-bond donors (Lipinski definition) is 22. The predicted molar refractivity (Wildman–Crippen MR) is 382 cm³/mol. The van der Waals surface area contributed by atoms with Crippen LogP contribution >= 0.6 is 0 Å². The van der Waals surface area contributed by atoms with Crippen molar-refractivity contribution in [2.24, 2.45) is 10.8 Å². The van der Waals surface area contributed by atoms with Crippen LogP contribution in [0.3, 0.4) is 0 Å². The summed E-state index contributed by atoms with van der Waals surface area (Å²) in [4.78, 5) is 0. The van der Waals surface area contributed by atoms with Gasteiger partial charge in [-0.2, -0.15) is 0 Å². The Morgan fingerprint density at radius 3 is 0.891 bits per heavy atom. The van der Waals surface area contributed by atoms with E-state index in [0.29, 0.717) is 24.0 Å². The molecule has 34 nitrogen and oxygen atoms in total. The van der Waals surface area contributed by atoms with E-state index in [2.05, 4.69) is 0 Å². The molecule has 6 fully saturated rings. The minimum Gasteiger partial charge on any atom is -0.462 e. The zero-order valence-electron chi connectivity index (χ0n) is 63.2. The maximum atomic E-state index is 11.4. The van der Waals surface area contributed by atoms with Crippen LogP contribution in [0.1, 0.15) is 94.9 Å². The maximum absolute atomic E-state index is 11.4. The molecule has 32 atom stereocenters. The van der Waals surface area contributed by atoms with Crippen LogP contribution in [0.5, 0.6) is 0 Å². The van der Waals surface area contributed by atoms with Gasteiger partial charge in [-0.25, -0.2) is 0 Å². The Kier molecular flexibility index (Phi) is 33.0. The summed E-state index contributed by atoms with van der Waals surface area (Å²) in [5.41, 5.74) is 4.36. The lowest BCUT2D eigenvalue weighted by atomic mass is 9.71. The third-order valence-electron chi connectivity index (χ3n) is 21.0. The van der Waals surface area contributed by atoms with E-state index < -0.39 is 247 Å². The first-order chi connectivity index (χ1) is 51.7. The standard InChI is InChI=1S/C76H116O34/c1-33(15-17-35(3)19-39(23-43-37(5)21-41(25-75(43,7)8)103-73-65(95)59(89)53(83)47(29-79)107-73)101-71-67(97)61(91)55(85)49(109-71)31-99-69-63(93)57(87)51(81)45(27-77)105-69)13-11-12-14-34(2)16-18-36(4)20-40(24-44-38(6)22-42(26-76(44,9)10)104-74-66(96)60(90)54(84)48(30-80)108-74)102-72-68(98)62(92)56(86)50(110-72)32-100-70-64(94)58(88)52(82)46(28-78)106-70/h11-20,23-24,41-42,45-74,77-98H,21-22,25-32H2,1-10H3/b12-11-,17-15+,18-16+,33-13+,34-14+,35-19-,36-20-,39-23-,40-24?/t41?,42?,45-,46+,47-,48+,49-,50+,51-,52+,53+,54+,55-,56+,57+,58-,59+,60-,61+,62-,63-,64+,65-,66+,67-,68+,69+,70+,71-,72+,73-,74+/m0/s1. The number of allylic oxidation sites excluding steroid dienone is 18. The Balaban J connectivity index is 1.01. The second-order valence-electron chi connectivity index (χ2n) is 31.0. The zero-order chi connectivity index (χ0) is 81.3. The normalized spacial score (nSPS) is 42.5. The Bertz CT molecular complexity index is 3140. The summed E-state index contributed by atoms with van der Waals surface area (Å²) in [7, 11) is 0. The third-order valence-corrected chi connectivity index (χ3v) is 21.0. The number of ether oxygens (including phenoxy) is 12. The highest BCUT2D eigenvalue weighted by molar-refractivity contribution is 5.42. The van der Waals surface area contributed by atoms with E-state index in [4.69, 9.17) is 56.8 Å². The average molecular weight is 1570 g/mol. The van der Waals surface area contributed by atoms with Crippen molar-refractivity contribution in [1.29, 1.82) is 0 Å². The van der Waals surface area contributed by atoms with Gasteiger partial charge in [-0.05, 0) is 125 Å². The smallest absolute Gasteiger partial charge is 0.229 e. The number of hydrogen-bond acceptors (Lipinski definition) is 34. The van der Waals surface area contributed by atoms with Crippen LogP contribution in [0, 0.1) is 10.8 Å². The Labute approximate surface area is 637 Å². The van der Waals surface area contributed by atoms with Crippen molar-refractivity contribution in [3.8, 4) is 0 Å². The van der Waals surface area contributed by atoms with Gasteiger partial charge >= 0.3 is 0 Å². The first-order valence-electron chi connectivity index (χ1n) is 36.8. The molecule has 0 radical (unpaired) electrons. The lowest BCUT2D eigenvalue weighted by Gasteiger charge is -2.44. The summed E-state index contributed by atoms with van der Waals surface area (Å²) in [5.74, 6) is 0.214. The molecular formula is C76H116O34. The second-order valence-corrected chi connectivity index (χ2v) is 31.0. The van der Waals surface area contributed by atoms with E-state index in [-0.39, 0.29) is 24.4 Å². The second kappa shape index (κ2) is 39.9. The molecule has 22 N–H and O–H groups in total. The Morgan fingerprint density at radius 1 is 0.345 bits per heavy atom. The van der Waals surface area contributed by atoms with Crippen molar-refractivity contribution in [2.75, 3.05) is 39.6 Å². The molecule has 624 valence electrons. The van der Waals surface area contributed by atoms with Gasteiger partial charge in [0, 0.05) is 0 Å².